The Bertz CT molecular complexity index is 923. The third-order valence-electron chi connectivity index (χ3n) is 3.39. The molecule has 0 aliphatic heterocycles. The minimum absolute atomic E-state index is 0.330. The molecule has 0 aliphatic carbocycles. The molecule has 0 saturated carbocycles. The topological polar surface area (TPSA) is 67.9 Å². The van der Waals surface area contributed by atoms with Crippen molar-refractivity contribution >= 4 is 28.6 Å². The zero-order valence-corrected chi connectivity index (χ0v) is 13.0. The van der Waals surface area contributed by atoms with E-state index >= 15 is 0 Å². The summed E-state index contributed by atoms with van der Waals surface area (Å²) >= 11 is 5.96. The van der Waals surface area contributed by atoms with E-state index in [9.17, 15) is 10.1 Å². The number of fused-ring (bicyclic) bond motifs is 1. The highest BCUT2D eigenvalue weighted by molar-refractivity contribution is 6.29. The molecule has 3 rings (SSSR count). The van der Waals surface area contributed by atoms with Crippen LogP contribution in [0.2, 0.25) is 5.15 Å². The monoisotopic (exact) mass is 325 g/mol. The molecule has 1 aromatic carbocycles. The molecular weight excluding hydrogens is 314 g/mol. The molecule has 0 saturated heterocycles. The van der Waals surface area contributed by atoms with E-state index in [0.29, 0.717) is 28.5 Å². The summed E-state index contributed by atoms with van der Waals surface area (Å²) in [6, 6.07) is 12.5. The lowest BCUT2D eigenvalue weighted by atomic mass is 10.2. The van der Waals surface area contributed by atoms with Crippen molar-refractivity contribution in [2.24, 2.45) is 0 Å². The van der Waals surface area contributed by atoms with Gasteiger partial charge in [-0.2, -0.15) is 5.26 Å². The van der Waals surface area contributed by atoms with Gasteiger partial charge in [-0.05, 0) is 43.3 Å². The summed E-state index contributed by atoms with van der Waals surface area (Å²) < 4.78 is 6.73. The zero-order valence-electron chi connectivity index (χ0n) is 12.3. The number of rotatable bonds is 3. The Kier molecular flexibility index (Phi) is 4.00. The number of esters is 1. The van der Waals surface area contributed by atoms with Crippen LogP contribution < -0.4 is 0 Å². The zero-order chi connectivity index (χ0) is 16.4. The maximum atomic E-state index is 11.7. The number of pyridine rings is 1. The second-order valence-electron chi connectivity index (χ2n) is 4.80. The second kappa shape index (κ2) is 6.11. The molecule has 0 atom stereocenters. The molecule has 0 unspecified atom stereocenters. The molecule has 23 heavy (non-hydrogen) atoms. The minimum atomic E-state index is -0.365. The van der Waals surface area contributed by atoms with Crippen LogP contribution in [-0.4, -0.2) is 22.1 Å². The van der Waals surface area contributed by atoms with Crippen LogP contribution in [0.4, 0.5) is 0 Å². The average molecular weight is 326 g/mol. The van der Waals surface area contributed by atoms with Gasteiger partial charge in [0, 0.05) is 17.3 Å². The molecular formula is C17H12ClN3O2. The van der Waals surface area contributed by atoms with Crippen molar-refractivity contribution in [2.75, 3.05) is 6.61 Å². The summed E-state index contributed by atoms with van der Waals surface area (Å²) in [6.45, 7) is 2.09. The largest absolute Gasteiger partial charge is 0.462 e. The summed E-state index contributed by atoms with van der Waals surface area (Å²) in [4.78, 5) is 16.0. The maximum absolute atomic E-state index is 11.7. The molecule has 0 fully saturated rings. The Hall–Kier alpha value is -2.84. The molecule has 5 nitrogen and oxygen atoms in total. The Balaban J connectivity index is 2.08. The molecule has 0 N–H and O–H groups in total. The third kappa shape index (κ3) is 2.77. The van der Waals surface area contributed by atoms with Crippen LogP contribution in [0.1, 0.15) is 22.8 Å². The summed E-state index contributed by atoms with van der Waals surface area (Å²) in [5.41, 5.74) is 2.36. The smallest absolute Gasteiger partial charge is 0.338 e. The molecule has 0 bridgehead atoms. The molecule has 0 amide bonds. The average Bonchev–Trinajstić information content (AvgIpc) is 2.93. The fourth-order valence-electron chi connectivity index (χ4n) is 2.34. The van der Waals surface area contributed by atoms with Gasteiger partial charge >= 0.3 is 5.97 Å². The number of aromatic nitrogens is 2. The number of hydrogen-bond donors (Lipinski definition) is 0. The molecule has 2 heterocycles. The number of carbonyl (C=O) groups excluding carboxylic acids is 1. The second-order valence-corrected chi connectivity index (χ2v) is 5.18. The maximum Gasteiger partial charge on any atom is 0.338 e. The van der Waals surface area contributed by atoms with Gasteiger partial charge in [0.25, 0.3) is 0 Å². The van der Waals surface area contributed by atoms with Crippen LogP contribution in [-0.2, 0) is 4.74 Å². The Morgan fingerprint density at radius 1 is 1.30 bits per heavy atom. The number of nitrogens with zero attached hydrogens (tertiary/aromatic N) is 3. The number of hydrogen-bond acceptors (Lipinski definition) is 4. The summed E-state index contributed by atoms with van der Waals surface area (Å²) in [5.74, 6) is -0.365. The highest BCUT2D eigenvalue weighted by atomic mass is 35.5. The first-order chi connectivity index (χ1) is 11.1. The lowest BCUT2D eigenvalue weighted by Gasteiger charge is -2.06. The van der Waals surface area contributed by atoms with Crippen molar-refractivity contribution in [3.63, 3.8) is 0 Å². The van der Waals surface area contributed by atoms with Crippen molar-refractivity contribution in [1.82, 2.24) is 9.55 Å². The van der Waals surface area contributed by atoms with E-state index in [1.807, 2.05) is 0 Å². The SMILES string of the molecule is CCOC(=O)c1ccc(-n2cc(C#N)c3ccc(Cl)nc32)cc1. The van der Waals surface area contributed by atoms with E-state index in [1.165, 1.54) is 0 Å². The summed E-state index contributed by atoms with van der Waals surface area (Å²) in [5, 5.41) is 10.3. The van der Waals surface area contributed by atoms with Gasteiger partial charge in [-0.1, -0.05) is 11.6 Å². The van der Waals surface area contributed by atoms with E-state index in [-0.39, 0.29) is 5.97 Å². The lowest BCUT2D eigenvalue weighted by molar-refractivity contribution is 0.0526. The van der Waals surface area contributed by atoms with E-state index in [4.69, 9.17) is 16.3 Å². The van der Waals surface area contributed by atoms with E-state index < -0.39 is 0 Å². The van der Waals surface area contributed by atoms with Gasteiger partial charge < -0.3 is 4.74 Å². The molecule has 3 aromatic rings. The first kappa shape index (κ1) is 15.1. The first-order valence-electron chi connectivity index (χ1n) is 6.99. The van der Waals surface area contributed by atoms with Crippen molar-refractivity contribution in [3.8, 4) is 11.8 Å². The highest BCUT2D eigenvalue weighted by Crippen LogP contribution is 2.25. The molecule has 114 valence electrons. The van der Waals surface area contributed by atoms with Gasteiger partial charge in [-0.25, -0.2) is 9.78 Å². The van der Waals surface area contributed by atoms with Crippen molar-refractivity contribution in [1.29, 1.82) is 5.26 Å². The predicted molar refractivity (Wildman–Crippen MR) is 86.8 cm³/mol. The van der Waals surface area contributed by atoms with Gasteiger partial charge in [-0.3, -0.25) is 4.57 Å². The van der Waals surface area contributed by atoms with E-state index in [1.54, 1.807) is 54.1 Å². The van der Waals surface area contributed by atoms with Crippen LogP contribution in [0.5, 0.6) is 0 Å². The van der Waals surface area contributed by atoms with Gasteiger partial charge in [0.2, 0.25) is 0 Å². The molecule has 0 radical (unpaired) electrons. The summed E-state index contributed by atoms with van der Waals surface area (Å²) in [6.07, 6.45) is 1.70. The van der Waals surface area contributed by atoms with Crippen molar-refractivity contribution in [2.45, 2.75) is 6.92 Å². The fraction of sp³-hybridized carbons (Fsp3) is 0.118. The van der Waals surface area contributed by atoms with E-state index in [0.717, 1.165) is 11.1 Å². The van der Waals surface area contributed by atoms with Crippen molar-refractivity contribution in [3.05, 3.63) is 58.9 Å². The van der Waals surface area contributed by atoms with Crippen LogP contribution >= 0.6 is 11.6 Å². The Labute approximate surface area is 137 Å². The van der Waals surface area contributed by atoms with Gasteiger partial charge in [0.05, 0.1) is 17.7 Å². The molecule has 2 aromatic heterocycles. The minimum Gasteiger partial charge on any atom is -0.462 e. The van der Waals surface area contributed by atoms with Gasteiger partial charge in [0.1, 0.15) is 16.9 Å². The number of ether oxygens (including phenoxy) is 1. The number of carbonyl (C=O) groups is 1. The van der Waals surface area contributed by atoms with Gasteiger partial charge in [0.15, 0.2) is 0 Å². The number of benzene rings is 1. The van der Waals surface area contributed by atoms with Crippen molar-refractivity contribution < 1.29 is 9.53 Å². The lowest BCUT2D eigenvalue weighted by Crippen LogP contribution is -2.04. The first-order valence-corrected chi connectivity index (χ1v) is 7.37. The van der Waals surface area contributed by atoms with Crippen LogP contribution in [0.3, 0.4) is 0 Å². The fourth-order valence-corrected chi connectivity index (χ4v) is 2.48. The van der Waals surface area contributed by atoms with Crippen LogP contribution in [0, 0.1) is 11.3 Å². The molecule has 6 heteroatoms. The quantitative estimate of drug-likeness (QED) is 0.543. The third-order valence-corrected chi connectivity index (χ3v) is 3.61. The van der Waals surface area contributed by atoms with Crippen LogP contribution in [0.25, 0.3) is 16.7 Å². The number of halogens is 1. The molecule has 0 spiro atoms. The number of nitriles is 1. The summed E-state index contributed by atoms with van der Waals surface area (Å²) in [7, 11) is 0. The highest BCUT2D eigenvalue weighted by Gasteiger charge is 2.12. The van der Waals surface area contributed by atoms with Gasteiger partial charge in [-0.15, -0.1) is 0 Å². The standard InChI is InChI=1S/C17H12ClN3O2/c1-2-23-17(22)11-3-5-13(6-4-11)21-10-12(9-19)14-7-8-15(18)20-16(14)21/h3-8,10H,2H2,1H3. The molecule has 0 aliphatic rings. The predicted octanol–water partition coefficient (Wildman–Crippen LogP) is 3.73. The Morgan fingerprint density at radius 3 is 2.70 bits per heavy atom. The van der Waals surface area contributed by atoms with E-state index in [2.05, 4.69) is 11.1 Å². The van der Waals surface area contributed by atoms with Crippen LogP contribution in [0.15, 0.2) is 42.6 Å². The normalized spacial score (nSPS) is 10.5. The Morgan fingerprint density at radius 2 is 2.04 bits per heavy atom.